The predicted molar refractivity (Wildman–Crippen MR) is 78.8 cm³/mol. The molecular weight excluding hydrogens is 275 g/mol. The van der Waals surface area contributed by atoms with E-state index in [2.05, 4.69) is 24.5 Å². The molecule has 21 heavy (non-hydrogen) atoms. The lowest BCUT2D eigenvalue weighted by Crippen LogP contribution is -2.41. The topological polar surface area (TPSA) is 70.6 Å². The minimum absolute atomic E-state index is 0.0257. The van der Waals surface area contributed by atoms with Crippen molar-refractivity contribution in [2.45, 2.75) is 26.4 Å². The molecule has 0 heterocycles. The second-order valence-electron chi connectivity index (χ2n) is 5.24. The zero-order valence-electron chi connectivity index (χ0n) is 12.4. The number of carbonyl (C=O) groups is 1. The molecule has 0 fully saturated rings. The molecular formula is C15H23FN2O3. The van der Waals surface area contributed by atoms with Gasteiger partial charge in [0.15, 0.2) is 0 Å². The van der Waals surface area contributed by atoms with Crippen molar-refractivity contribution in [2.24, 2.45) is 5.92 Å². The third kappa shape index (κ3) is 8.14. The molecule has 1 unspecified atom stereocenters. The van der Waals surface area contributed by atoms with Crippen LogP contribution in [0.1, 0.15) is 20.3 Å². The summed E-state index contributed by atoms with van der Waals surface area (Å²) in [5.74, 6) is 0.652. The molecule has 0 saturated heterocycles. The van der Waals surface area contributed by atoms with E-state index >= 15 is 0 Å². The molecule has 0 aliphatic carbocycles. The Morgan fingerprint density at radius 1 is 1.29 bits per heavy atom. The van der Waals surface area contributed by atoms with E-state index in [0.717, 1.165) is 6.42 Å². The molecule has 0 aliphatic heterocycles. The molecule has 0 bridgehead atoms. The summed E-state index contributed by atoms with van der Waals surface area (Å²) < 4.78 is 18.0. The van der Waals surface area contributed by atoms with Gasteiger partial charge in [-0.3, -0.25) is 0 Å². The minimum Gasteiger partial charge on any atom is -0.491 e. The van der Waals surface area contributed by atoms with Crippen LogP contribution < -0.4 is 15.4 Å². The van der Waals surface area contributed by atoms with Crippen LogP contribution in [0.3, 0.4) is 0 Å². The fraction of sp³-hybridized carbons (Fsp3) is 0.533. The number of rotatable bonds is 8. The van der Waals surface area contributed by atoms with E-state index in [9.17, 15) is 14.3 Å². The molecule has 0 spiro atoms. The van der Waals surface area contributed by atoms with Gasteiger partial charge in [-0.2, -0.15) is 0 Å². The molecule has 0 saturated carbocycles. The Hall–Kier alpha value is -1.82. The molecule has 1 rings (SSSR count). The van der Waals surface area contributed by atoms with E-state index in [4.69, 9.17) is 4.74 Å². The Morgan fingerprint density at radius 3 is 2.57 bits per heavy atom. The molecule has 1 aromatic carbocycles. The van der Waals surface area contributed by atoms with Crippen LogP contribution in [0, 0.1) is 11.7 Å². The van der Waals surface area contributed by atoms with Gasteiger partial charge in [-0.25, -0.2) is 9.18 Å². The normalized spacial score (nSPS) is 12.0. The SMILES string of the molecule is CC(C)CCNC(=O)NCC(O)COc1ccc(F)cc1. The second-order valence-corrected chi connectivity index (χ2v) is 5.24. The number of halogens is 1. The van der Waals surface area contributed by atoms with Crippen molar-refractivity contribution >= 4 is 6.03 Å². The van der Waals surface area contributed by atoms with Crippen LogP contribution in [0.2, 0.25) is 0 Å². The maximum absolute atomic E-state index is 12.7. The van der Waals surface area contributed by atoms with Crippen molar-refractivity contribution in [3.8, 4) is 5.75 Å². The van der Waals surface area contributed by atoms with Crippen molar-refractivity contribution in [1.29, 1.82) is 0 Å². The van der Waals surface area contributed by atoms with Crippen LogP contribution >= 0.6 is 0 Å². The Bertz CT molecular complexity index is 423. The predicted octanol–water partition coefficient (Wildman–Crippen LogP) is 1.91. The highest BCUT2D eigenvalue weighted by molar-refractivity contribution is 5.73. The van der Waals surface area contributed by atoms with Crippen LogP contribution in [-0.2, 0) is 0 Å². The summed E-state index contributed by atoms with van der Waals surface area (Å²) in [5, 5.41) is 15.0. The highest BCUT2D eigenvalue weighted by Crippen LogP contribution is 2.11. The molecule has 5 nitrogen and oxygen atoms in total. The summed E-state index contributed by atoms with van der Waals surface area (Å²) in [6.45, 7) is 4.88. The number of nitrogens with one attached hydrogen (secondary N) is 2. The van der Waals surface area contributed by atoms with Gasteiger partial charge in [0, 0.05) is 13.1 Å². The van der Waals surface area contributed by atoms with Crippen LogP contribution in [0.25, 0.3) is 0 Å². The number of aliphatic hydroxyl groups is 1. The van der Waals surface area contributed by atoms with Gasteiger partial charge in [0.05, 0.1) is 0 Å². The number of ether oxygens (including phenoxy) is 1. The molecule has 1 aromatic rings. The third-order valence-electron chi connectivity index (χ3n) is 2.76. The van der Waals surface area contributed by atoms with Gasteiger partial charge in [0.25, 0.3) is 0 Å². The van der Waals surface area contributed by atoms with Gasteiger partial charge in [-0.15, -0.1) is 0 Å². The maximum Gasteiger partial charge on any atom is 0.314 e. The monoisotopic (exact) mass is 298 g/mol. The zero-order valence-corrected chi connectivity index (χ0v) is 12.4. The fourth-order valence-corrected chi connectivity index (χ4v) is 1.53. The van der Waals surface area contributed by atoms with Crippen molar-refractivity contribution in [1.82, 2.24) is 10.6 Å². The first-order valence-corrected chi connectivity index (χ1v) is 7.05. The van der Waals surface area contributed by atoms with Crippen LogP contribution in [0.5, 0.6) is 5.75 Å². The molecule has 0 radical (unpaired) electrons. The van der Waals surface area contributed by atoms with Crippen molar-refractivity contribution in [3.63, 3.8) is 0 Å². The second kappa shape index (κ2) is 9.18. The van der Waals surface area contributed by atoms with Gasteiger partial charge in [0.1, 0.15) is 24.3 Å². The van der Waals surface area contributed by atoms with E-state index in [1.165, 1.54) is 24.3 Å². The first-order chi connectivity index (χ1) is 9.97. The van der Waals surface area contributed by atoms with Crippen molar-refractivity contribution in [3.05, 3.63) is 30.1 Å². The summed E-state index contributed by atoms with van der Waals surface area (Å²) >= 11 is 0. The van der Waals surface area contributed by atoms with E-state index in [1.807, 2.05) is 0 Å². The summed E-state index contributed by atoms with van der Waals surface area (Å²) in [6.07, 6.45) is 0.0785. The smallest absolute Gasteiger partial charge is 0.314 e. The summed E-state index contributed by atoms with van der Waals surface area (Å²) in [7, 11) is 0. The quantitative estimate of drug-likeness (QED) is 0.686. The van der Waals surface area contributed by atoms with E-state index in [0.29, 0.717) is 18.2 Å². The van der Waals surface area contributed by atoms with Crippen LogP contribution in [0.4, 0.5) is 9.18 Å². The first-order valence-electron chi connectivity index (χ1n) is 7.05. The minimum atomic E-state index is -0.828. The summed E-state index contributed by atoms with van der Waals surface area (Å²) in [5.41, 5.74) is 0. The van der Waals surface area contributed by atoms with Gasteiger partial charge < -0.3 is 20.5 Å². The fourth-order valence-electron chi connectivity index (χ4n) is 1.53. The number of hydrogen-bond donors (Lipinski definition) is 3. The molecule has 2 amide bonds. The van der Waals surface area contributed by atoms with Crippen LogP contribution in [0.15, 0.2) is 24.3 Å². The average molecular weight is 298 g/mol. The number of urea groups is 1. The van der Waals surface area contributed by atoms with Crippen LogP contribution in [-0.4, -0.2) is 36.9 Å². The lowest BCUT2D eigenvalue weighted by Gasteiger charge is -2.14. The third-order valence-corrected chi connectivity index (χ3v) is 2.76. The van der Waals surface area contributed by atoms with Crippen molar-refractivity contribution < 1.29 is 19.0 Å². The largest absolute Gasteiger partial charge is 0.491 e. The number of benzene rings is 1. The molecule has 3 N–H and O–H groups in total. The lowest BCUT2D eigenvalue weighted by atomic mass is 10.1. The van der Waals surface area contributed by atoms with Gasteiger partial charge >= 0.3 is 6.03 Å². The van der Waals surface area contributed by atoms with Gasteiger partial charge in [-0.05, 0) is 36.6 Å². The highest BCUT2D eigenvalue weighted by Gasteiger charge is 2.08. The van der Waals surface area contributed by atoms with Gasteiger partial charge in [0.2, 0.25) is 0 Å². The Kier molecular flexibility index (Phi) is 7.53. The Balaban J connectivity index is 2.14. The molecule has 118 valence electrons. The standard InChI is InChI=1S/C15H23FN2O3/c1-11(2)7-8-17-15(20)18-9-13(19)10-21-14-5-3-12(16)4-6-14/h3-6,11,13,19H,7-10H2,1-2H3,(H2,17,18,20). The Morgan fingerprint density at radius 2 is 1.95 bits per heavy atom. The zero-order chi connectivity index (χ0) is 15.7. The van der Waals surface area contributed by atoms with E-state index in [-0.39, 0.29) is 25.0 Å². The molecule has 0 aliphatic rings. The number of carbonyl (C=O) groups excluding carboxylic acids is 1. The summed E-state index contributed by atoms with van der Waals surface area (Å²) in [6, 6.07) is 5.21. The van der Waals surface area contributed by atoms with E-state index < -0.39 is 6.10 Å². The summed E-state index contributed by atoms with van der Waals surface area (Å²) in [4.78, 5) is 11.4. The number of hydrogen-bond acceptors (Lipinski definition) is 3. The number of amides is 2. The molecule has 0 aromatic heterocycles. The van der Waals surface area contributed by atoms with Gasteiger partial charge in [-0.1, -0.05) is 13.8 Å². The number of aliphatic hydroxyl groups excluding tert-OH is 1. The average Bonchev–Trinajstić information content (AvgIpc) is 2.44. The molecule has 1 atom stereocenters. The molecule has 6 heteroatoms. The van der Waals surface area contributed by atoms with Crippen molar-refractivity contribution in [2.75, 3.05) is 19.7 Å². The highest BCUT2D eigenvalue weighted by atomic mass is 19.1. The van der Waals surface area contributed by atoms with E-state index in [1.54, 1.807) is 0 Å². The maximum atomic E-state index is 12.7. The Labute approximate surface area is 124 Å². The lowest BCUT2D eigenvalue weighted by molar-refractivity contribution is 0.108. The first kappa shape index (κ1) is 17.2.